The summed E-state index contributed by atoms with van der Waals surface area (Å²) in [5.41, 5.74) is 0.598. The van der Waals surface area contributed by atoms with E-state index in [0.717, 1.165) is 45.7 Å². The third-order valence-electron chi connectivity index (χ3n) is 5.81. The molecular weight excluding hydrogens is 453 g/mol. The predicted octanol–water partition coefficient (Wildman–Crippen LogP) is 3.55. The summed E-state index contributed by atoms with van der Waals surface area (Å²) in [7, 11) is 3.75. The maximum absolute atomic E-state index is 12.8. The van der Waals surface area contributed by atoms with Crippen LogP contribution in [0.15, 0.2) is 18.2 Å². The van der Waals surface area contributed by atoms with E-state index in [9.17, 15) is 18.0 Å². The molecule has 0 aromatic heterocycles. The van der Waals surface area contributed by atoms with E-state index in [4.69, 9.17) is 31.0 Å². The van der Waals surface area contributed by atoms with Gasteiger partial charge >= 0.3 is 12.1 Å². The first kappa shape index (κ1) is 26.2. The molecule has 7 nitrogen and oxygen atoms in total. The highest BCUT2D eigenvalue weighted by Crippen LogP contribution is 2.39. The van der Waals surface area contributed by atoms with Crippen LogP contribution in [-0.2, 0) is 9.53 Å². The normalized spacial score (nSPS) is 20.2. The molecule has 32 heavy (non-hydrogen) atoms. The summed E-state index contributed by atoms with van der Waals surface area (Å²) in [6.07, 6.45) is -2.84. The lowest BCUT2D eigenvalue weighted by Gasteiger charge is -2.58. The third-order valence-corrected chi connectivity index (χ3v) is 6.14. The van der Waals surface area contributed by atoms with Crippen molar-refractivity contribution in [1.29, 1.82) is 0 Å². The van der Waals surface area contributed by atoms with Crippen LogP contribution >= 0.6 is 11.6 Å². The predicted molar refractivity (Wildman–Crippen MR) is 112 cm³/mol. The molecule has 2 aliphatic rings. The number of rotatable bonds is 5. The van der Waals surface area contributed by atoms with Gasteiger partial charge in [0.15, 0.2) is 0 Å². The monoisotopic (exact) mass is 480 g/mol. The van der Waals surface area contributed by atoms with E-state index in [0.29, 0.717) is 22.3 Å². The van der Waals surface area contributed by atoms with Crippen LogP contribution in [0.1, 0.15) is 30.1 Å². The zero-order chi connectivity index (χ0) is 24.1. The standard InChI is InChI=1S/C19H27ClN2O3.C2HF3O2/c1-4-25-11-14-7-8-21(2)19(10-14)12-22(13-19)18(23)16-9-15(24-3)5-6-17(16)20;3-2(4,5)1(6)7/h5-6,9,14H,4,7-8,10-13H2,1-3H3;(H,6,7). The Morgan fingerprint density at radius 1 is 1.31 bits per heavy atom. The summed E-state index contributed by atoms with van der Waals surface area (Å²) in [4.78, 5) is 26.0. The van der Waals surface area contributed by atoms with Crippen LogP contribution in [0.2, 0.25) is 5.02 Å². The van der Waals surface area contributed by atoms with Crippen molar-refractivity contribution in [3.63, 3.8) is 0 Å². The zero-order valence-electron chi connectivity index (χ0n) is 18.2. The molecule has 2 saturated heterocycles. The molecule has 11 heteroatoms. The Balaban J connectivity index is 0.000000451. The van der Waals surface area contributed by atoms with Crippen molar-refractivity contribution in [3.8, 4) is 5.75 Å². The molecular formula is C21H28ClF3N2O5. The Hall–Kier alpha value is -2.04. The van der Waals surface area contributed by atoms with Gasteiger partial charge in [-0.15, -0.1) is 0 Å². The summed E-state index contributed by atoms with van der Waals surface area (Å²) in [5.74, 6) is -1.55. The number of likely N-dealkylation sites (tertiary alicyclic amines) is 2. The third kappa shape index (κ3) is 6.26. The van der Waals surface area contributed by atoms with Crippen LogP contribution < -0.4 is 4.74 Å². The minimum atomic E-state index is -5.08. The van der Waals surface area contributed by atoms with Crippen LogP contribution in [0.25, 0.3) is 0 Å². The van der Waals surface area contributed by atoms with Crippen molar-refractivity contribution in [3.05, 3.63) is 28.8 Å². The Morgan fingerprint density at radius 2 is 1.94 bits per heavy atom. The number of nitrogens with zero attached hydrogens (tertiary/aromatic N) is 2. The van der Waals surface area contributed by atoms with E-state index in [1.807, 2.05) is 11.8 Å². The summed E-state index contributed by atoms with van der Waals surface area (Å²) in [6, 6.07) is 5.20. The SMILES string of the molecule is CCOCC1CCN(C)C2(C1)CN(C(=O)c1cc(OC)ccc1Cl)C2.O=C(O)C(F)(F)F. The van der Waals surface area contributed by atoms with Crippen molar-refractivity contribution in [1.82, 2.24) is 9.80 Å². The molecule has 3 rings (SSSR count). The average molecular weight is 481 g/mol. The first-order chi connectivity index (χ1) is 14.9. The van der Waals surface area contributed by atoms with E-state index in [1.165, 1.54) is 0 Å². The van der Waals surface area contributed by atoms with Gasteiger partial charge < -0.3 is 19.5 Å². The molecule has 1 spiro atoms. The van der Waals surface area contributed by atoms with E-state index in [2.05, 4.69) is 11.9 Å². The fraction of sp³-hybridized carbons (Fsp3) is 0.619. The van der Waals surface area contributed by atoms with Crippen molar-refractivity contribution >= 4 is 23.5 Å². The van der Waals surface area contributed by atoms with Crippen LogP contribution in [0.4, 0.5) is 13.2 Å². The van der Waals surface area contributed by atoms with Gasteiger partial charge in [0.25, 0.3) is 5.91 Å². The lowest BCUT2D eigenvalue weighted by Crippen LogP contribution is -2.72. The molecule has 0 saturated carbocycles. The number of aliphatic carboxylic acids is 1. The first-order valence-corrected chi connectivity index (χ1v) is 10.5. The number of ether oxygens (including phenoxy) is 2. The van der Waals surface area contributed by atoms with E-state index in [1.54, 1.807) is 25.3 Å². The molecule has 1 aromatic rings. The largest absolute Gasteiger partial charge is 0.497 e. The molecule has 2 aliphatic heterocycles. The van der Waals surface area contributed by atoms with Gasteiger partial charge in [0.2, 0.25) is 0 Å². The van der Waals surface area contributed by atoms with E-state index < -0.39 is 12.1 Å². The van der Waals surface area contributed by atoms with Gasteiger partial charge in [-0.1, -0.05) is 11.6 Å². The summed E-state index contributed by atoms with van der Waals surface area (Å²) < 4.78 is 42.6. The minimum absolute atomic E-state index is 0.0187. The average Bonchev–Trinajstić information content (AvgIpc) is 2.71. The van der Waals surface area contributed by atoms with Crippen LogP contribution in [0.5, 0.6) is 5.75 Å². The lowest BCUT2D eigenvalue weighted by atomic mass is 9.75. The second-order valence-corrected chi connectivity index (χ2v) is 8.38. The zero-order valence-corrected chi connectivity index (χ0v) is 19.0. The van der Waals surface area contributed by atoms with E-state index >= 15 is 0 Å². The van der Waals surface area contributed by atoms with Gasteiger partial charge in [0, 0.05) is 26.3 Å². The number of alkyl halides is 3. The number of hydrogen-bond donors (Lipinski definition) is 1. The Morgan fingerprint density at radius 3 is 2.47 bits per heavy atom. The Bertz CT molecular complexity index is 813. The quantitative estimate of drug-likeness (QED) is 0.694. The number of hydrogen-bond acceptors (Lipinski definition) is 5. The fourth-order valence-corrected chi connectivity index (χ4v) is 4.18. The molecule has 2 heterocycles. The number of halogens is 4. The summed E-state index contributed by atoms with van der Waals surface area (Å²) in [6.45, 7) is 6.17. The number of methoxy groups -OCH3 is 1. The highest BCUT2D eigenvalue weighted by atomic mass is 35.5. The molecule has 1 aromatic carbocycles. The molecule has 0 bridgehead atoms. The number of carbonyl (C=O) groups excluding carboxylic acids is 1. The van der Waals surface area contributed by atoms with Gasteiger partial charge in [-0.05, 0) is 57.5 Å². The fourth-order valence-electron chi connectivity index (χ4n) is 3.98. The van der Waals surface area contributed by atoms with Crippen molar-refractivity contribution < 1.29 is 37.3 Å². The van der Waals surface area contributed by atoms with Crippen molar-refractivity contribution in [2.75, 3.05) is 47.0 Å². The number of carbonyl (C=O) groups is 2. The molecule has 1 N–H and O–H groups in total. The van der Waals surface area contributed by atoms with Crippen LogP contribution in [0.3, 0.4) is 0 Å². The first-order valence-electron chi connectivity index (χ1n) is 10.2. The summed E-state index contributed by atoms with van der Waals surface area (Å²) in [5, 5.41) is 7.60. The lowest BCUT2D eigenvalue weighted by molar-refractivity contribution is -0.192. The molecule has 1 amide bonds. The molecule has 0 radical (unpaired) electrons. The van der Waals surface area contributed by atoms with Gasteiger partial charge in [-0.2, -0.15) is 13.2 Å². The maximum Gasteiger partial charge on any atom is 0.490 e. The van der Waals surface area contributed by atoms with Crippen LogP contribution in [-0.4, -0.2) is 85.5 Å². The van der Waals surface area contributed by atoms with Gasteiger partial charge in [0.05, 0.1) is 23.2 Å². The highest BCUT2D eigenvalue weighted by molar-refractivity contribution is 6.33. The Kier molecular flexibility index (Phi) is 8.78. The van der Waals surface area contributed by atoms with Gasteiger partial charge in [0.1, 0.15) is 5.75 Å². The molecule has 2 fully saturated rings. The number of piperidine rings is 1. The second-order valence-electron chi connectivity index (χ2n) is 7.97. The minimum Gasteiger partial charge on any atom is -0.497 e. The molecule has 1 unspecified atom stereocenters. The second kappa shape index (κ2) is 10.7. The van der Waals surface area contributed by atoms with Gasteiger partial charge in [-0.3, -0.25) is 9.69 Å². The Labute approximate surface area is 190 Å². The number of likely N-dealkylation sites (N-methyl/N-ethyl adjacent to an activating group) is 1. The van der Waals surface area contributed by atoms with Crippen molar-refractivity contribution in [2.45, 2.75) is 31.5 Å². The van der Waals surface area contributed by atoms with Crippen LogP contribution in [0, 0.1) is 5.92 Å². The molecule has 1 atom stereocenters. The number of carboxylic acid groups (broad SMARTS) is 1. The molecule has 180 valence electrons. The smallest absolute Gasteiger partial charge is 0.490 e. The number of amides is 1. The highest BCUT2D eigenvalue weighted by Gasteiger charge is 2.51. The van der Waals surface area contributed by atoms with Gasteiger partial charge in [-0.25, -0.2) is 4.79 Å². The maximum atomic E-state index is 12.8. The number of carboxylic acids is 1. The number of benzene rings is 1. The van der Waals surface area contributed by atoms with Crippen molar-refractivity contribution in [2.24, 2.45) is 5.92 Å². The topological polar surface area (TPSA) is 79.3 Å². The molecule has 0 aliphatic carbocycles. The summed E-state index contributed by atoms with van der Waals surface area (Å²) >= 11 is 6.23. The van der Waals surface area contributed by atoms with E-state index in [-0.39, 0.29) is 11.4 Å².